The molecule has 5 atom stereocenters. The Morgan fingerprint density at radius 1 is 1.10 bits per heavy atom. The van der Waals surface area contributed by atoms with Crippen LogP contribution in [0.2, 0.25) is 0 Å². The molecule has 6 rings (SSSR count). The Balaban J connectivity index is 1.66. The standard InChI is InChI=1S/C30H28N4O7/c1-34(2)14-7-5-12(6-8-14)18-15-10-13-4-3-9-33-23(13)26(37)19(15)24(35)20-16(18)11-17-22(31)25(36)21(29(32)40)28(39)30(17,41)27(20)38/h3-10,16-18,22,35,37,39,41H,11,31H2,1-2H3,(H2,32,40)/t16-,17+,18+,22+,30+/m1/s1. The number of benzene rings is 2. The summed E-state index contributed by atoms with van der Waals surface area (Å²) in [4.78, 5) is 45.3. The van der Waals surface area contributed by atoms with Crippen LogP contribution in [0.3, 0.4) is 0 Å². The summed E-state index contributed by atoms with van der Waals surface area (Å²) in [6.45, 7) is 0. The third-order valence-corrected chi connectivity index (χ3v) is 8.73. The molecule has 3 aliphatic carbocycles. The molecule has 0 unspecified atom stereocenters. The van der Waals surface area contributed by atoms with Crippen LogP contribution in [0.15, 0.2) is 65.6 Å². The number of carbonyl (C=O) groups is 3. The largest absolute Gasteiger partial charge is 0.508 e. The van der Waals surface area contributed by atoms with Gasteiger partial charge in [-0.1, -0.05) is 18.2 Å². The van der Waals surface area contributed by atoms with Crippen LogP contribution in [0.5, 0.6) is 5.75 Å². The fraction of sp³-hybridized carbons (Fsp3) is 0.267. The predicted octanol–water partition coefficient (Wildman–Crippen LogP) is 1.56. The molecule has 2 aromatic carbocycles. The fourth-order valence-electron chi connectivity index (χ4n) is 6.74. The van der Waals surface area contributed by atoms with Crippen LogP contribution in [0.1, 0.15) is 29.0 Å². The van der Waals surface area contributed by atoms with Gasteiger partial charge < -0.3 is 36.8 Å². The van der Waals surface area contributed by atoms with E-state index in [1.807, 2.05) is 43.3 Å². The minimum atomic E-state index is -2.79. The molecule has 0 aliphatic heterocycles. The molecule has 0 spiro atoms. The lowest BCUT2D eigenvalue weighted by Crippen LogP contribution is -2.65. The quantitative estimate of drug-likeness (QED) is 0.257. The Kier molecular flexibility index (Phi) is 5.74. The first-order valence-electron chi connectivity index (χ1n) is 13.0. The molecule has 1 saturated carbocycles. The molecule has 1 fully saturated rings. The van der Waals surface area contributed by atoms with Gasteiger partial charge in [0.15, 0.2) is 17.1 Å². The van der Waals surface area contributed by atoms with Crippen molar-refractivity contribution in [3.63, 3.8) is 0 Å². The molecule has 41 heavy (non-hydrogen) atoms. The molecule has 11 heteroatoms. The van der Waals surface area contributed by atoms with Crippen molar-refractivity contribution in [3.8, 4) is 5.75 Å². The molecular weight excluding hydrogens is 528 g/mol. The van der Waals surface area contributed by atoms with Crippen molar-refractivity contribution < 1.29 is 34.8 Å². The number of primary amides is 1. The highest BCUT2D eigenvalue weighted by atomic mass is 16.3. The molecule has 210 valence electrons. The SMILES string of the molecule is CN(C)c1ccc([C@H]2c3cc4cccnc4c(O)c3C(O)=C3C(=O)[C@]4(O)C(O)=C(C(N)=O)C(=O)[C@@H](N)[C@@H]4C[C@@H]32)cc1. The van der Waals surface area contributed by atoms with Gasteiger partial charge in [0, 0.05) is 54.7 Å². The molecule has 1 heterocycles. The summed E-state index contributed by atoms with van der Waals surface area (Å²) in [5.74, 6) is -8.36. The van der Waals surface area contributed by atoms with Gasteiger partial charge in [0.05, 0.1) is 11.6 Å². The molecule has 0 radical (unpaired) electrons. The molecule has 0 bridgehead atoms. The number of Topliss-reactive ketones (excluding diaryl/α,β-unsaturated/α-hetero) is 2. The van der Waals surface area contributed by atoms with Crippen molar-refractivity contribution in [2.24, 2.45) is 23.3 Å². The number of pyridine rings is 1. The second kappa shape index (κ2) is 8.88. The topological polar surface area (TPSA) is 200 Å². The zero-order valence-electron chi connectivity index (χ0n) is 22.2. The Bertz CT molecular complexity index is 1740. The second-order valence-electron chi connectivity index (χ2n) is 11.0. The average molecular weight is 557 g/mol. The van der Waals surface area contributed by atoms with E-state index >= 15 is 0 Å². The smallest absolute Gasteiger partial charge is 0.255 e. The van der Waals surface area contributed by atoms with Crippen molar-refractivity contribution in [3.05, 3.63) is 82.3 Å². The number of aromatic nitrogens is 1. The van der Waals surface area contributed by atoms with Crippen LogP contribution in [0, 0.1) is 11.8 Å². The van der Waals surface area contributed by atoms with Gasteiger partial charge in [0.1, 0.15) is 22.6 Å². The Morgan fingerprint density at radius 3 is 2.41 bits per heavy atom. The molecule has 0 saturated heterocycles. The average Bonchev–Trinajstić information content (AvgIpc) is 2.93. The molecule has 8 N–H and O–H groups in total. The zero-order valence-corrected chi connectivity index (χ0v) is 22.2. The molecule has 11 nitrogen and oxygen atoms in total. The minimum absolute atomic E-state index is 0.0330. The van der Waals surface area contributed by atoms with E-state index in [0.717, 1.165) is 11.3 Å². The number of nitrogens with zero attached hydrogens (tertiary/aromatic N) is 2. The monoisotopic (exact) mass is 556 g/mol. The van der Waals surface area contributed by atoms with Crippen molar-refractivity contribution in [1.82, 2.24) is 4.98 Å². The number of hydrogen-bond acceptors (Lipinski definition) is 10. The van der Waals surface area contributed by atoms with E-state index in [1.54, 1.807) is 18.2 Å². The lowest BCUT2D eigenvalue weighted by molar-refractivity contribution is -0.149. The first-order chi connectivity index (χ1) is 19.4. The van der Waals surface area contributed by atoms with E-state index < -0.39 is 64.0 Å². The van der Waals surface area contributed by atoms with Crippen LogP contribution < -0.4 is 16.4 Å². The highest BCUT2D eigenvalue weighted by molar-refractivity contribution is 6.24. The van der Waals surface area contributed by atoms with Crippen LogP contribution in [-0.4, -0.2) is 68.6 Å². The second-order valence-corrected chi connectivity index (χ2v) is 11.0. The number of hydrogen-bond donors (Lipinski definition) is 6. The number of anilines is 1. The van der Waals surface area contributed by atoms with Gasteiger partial charge in [-0.2, -0.15) is 0 Å². The zero-order chi connectivity index (χ0) is 29.5. The van der Waals surface area contributed by atoms with E-state index in [1.165, 1.54) is 6.20 Å². The molecule has 3 aliphatic rings. The summed E-state index contributed by atoms with van der Waals surface area (Å²) >= 11 is 0. The third-order valence-electron chi connectivity index (χ3n) is 8.73. The number of aromatic hydroxyl groups is 1. The number of aliphatic hydroxyl groups is 3. The first-order valence-corrected chi connectivity index (χ1v) is 13.0. The summed E-state index contributed by atoms with van der Waals surface area (Å²) in [5, 5.41) is 46.2. The Labute approximate surface area is 234 Å². The van der Waals surface area contributed by atoms with Crippen molar-refractivity contribution in [1.29, 1.82) is 0 Å². The normalized spacial score (nSPS) is 27.4. The molecule has 1 aromatic heterocycles. The number of nitrogens with two attached hydrogens (primary N) is 2. The number of carbonyl (C=O) groups excluding carboxylic acids is 3. The van der Waals surface area contributed by atoms with Gasteiger partial charge in [0.2, 0.25) is 5.78 Å². The van der Waals surface area contributed by atoms with Crippen molar-refractivity contribution >= 4 is 39.8 Å². The number of aliphatic hydroxyl groups excluding tert-OH is 2. The maximum Gasteiger partial charge on any atom is 0.255 e. The number of fused-ring (bicyclic) bond motifs is 4. The highest BCUT2D eigenvalue weighted by Crippen LogP contribution is 2.57. The number of phenols is 1. The maximum absolute atomic E-state index is 14.2. The Morgan fingerprint density at radius 2 is 1.78 bits per heavy atom. The van der Waals surface area contributed by atoms with Crippen molar-refractivity contribution in [2.45, 2.75) is 24.0 Å². The van der Waals surface area contributed by atoms with Gasteiger partial charge >= 0.3 is 0 Å². The Hall–Kier alpha value is -4.74. The third kappa shape index (κ3) is 3.45. The highest BCUT2D eigenvalue weighted by Gasteiger charge is 2.64. The van der Waals surface area contributed by atoms with Crippen LogP contribution in [0.4, 0.5) is 5.69 Å². The summed E-state index contributed by atoms with van der Waals surface area (Å²) < 4.78 is 0. The number of amides is 1. The predicted molar refractivity (Wildman–Crippen MR) is 149 cm³/mol. The summed E-state index contributed by atoms with van der Waals surface area (Å²) in [7, 11) is 3.78. The first kappa shape index (κ1) is 26.5. The summed E-state index contributed by atoms with van der Waals surface area (Å²) in [6.07, 6.45) is 1.37. The van der Waals surface area contributed by atoms with E-state index in [-0.39, 0.29) is 28.8 Å². The summed E-state index contributed by atoms with van der Waals surface area (Å²) in [5.41, 5.74) is 9.83. The minimum Gasteiger partial charge on any atom is -0.508 e. The number of phenolic OH excluding ortho intramolecular Hbond substituents is 1. The van der Waals surface area contributed by atoms with Gasteiger partial charge in [-0.15, -0.1) is 0 Å². The molecule has 1 amide bonds. The molecule has 3 aromatic rings. The van der Waals surface area contributed by atoms with Crippen molar-refractivity contribution in [2.75, 3.05) is 19.0 Å². The van der Waals surface area contributed by atoms with Gasteiger partial charge in [-0.25, -0.2) is 0 Å². The fourth-order valence-corrected chi connectivity index (χ4v) is 6.74. The van der Waals surface area contributed by atoms with Gasteiger partial charge in [0.25, 0.3) is 5.91 Å². The van der Waals surface area contributed by atoms with Crippen LogP contribution in [-0.2, 0) is 14.4 Å². The van der Waals surface area contributed by atoms with E-state index in [2.05, 4.69) is 4.98 Å². The lowest BCUT2D eigenvalue weighted by atomic mass is 9.55. The van der Waals surface area contributed by atoms with Crippen LogP contribution in [0.25, 0.3) is 16.7 Å². The van der Waals surface area contributed by atoms with E-state index in [0.29, 0.717) is 10.9 Å². The number of rotatable bonds is 3. The van der Waals surface area contributed by atoms with Gasteiger partial charge in [-0.05, 0) is 41.8 Å². The molecular formula is C30H28N4O7. The lowest BCUT2D eigenvalue weighted by Gasteiger charge is -2.50. The van der Waals surface area contributed by atoms with Gasteiger partial charge in [-0.3, -0.25) is 19.4 Å². The van der Waals surface area contributed by atoms with E-state index in [4.69, 9.17) is 11.5 Å². The summed E-state index contributed by atoms with van der Waals surface area (Å²) in [6, 6.07) is 11.2. The maximum atomic E-state index is 14.2. The van der Waals surface area contributed by atoms with E-state index in [9.17, 15) is 34.8 Å². The number of ketones is 2. The van der Waals surface area contributed by atoms with Crippen LogP contribution >= 0.6 is 0 Å².